The van der Waals surface area contributed by atoms with Gasteiger partial charge in [-0.05, 0) is 35.9 Å². The van der Waals surface area contributed by atoms with Gasteiger partial charge in [0.25, 0.3) is 5.91 Å². The number of aromatic nitrogens is 2. The van der Waals surface area contributed by atoms with Gasteiger partial charge in [0, 0.05) is 17.4 Å². The molecule has 0 spiro atoms. The number of alkyl halides is 3. The van der Waals surface area contributed by atoms with Gasteiger partial charge in [-0.1, -0.05) is 17.7 Å². The fraction of sp³-hybridized carbons (Fsp3) is 0.217. The Morgan fingerprint density at radius 2 is 1.86 bits per heavy atom. The zero-order chi connectivity index (χ0) is 26.5. The number of carbonyl (C=O) groups excluding carboxylic acids is 2. The molecule has 13 heteroatoms. The van der Waals surface area contributed by atoms with Crippen LogP contribution in [0.3, 0.4) is 0 Å². The number of nitrogens with zero attached hydrogens (tertiary/aromatic N) is 2. The molecule has 1 amide bonds. The summed E-state index contributed by atoms with van der Waals surface area (Å²) in [6.45, 7) is -1.57. The predicted molar refractivity (Wildman–Crippen MR) is 123 cm³/mol. The van der Waals surface area contributed by atoms with Crippen LogP contribution in [0.4, 0.5) is 29.1 Å². The third kappa shape index (κ3) is 6.81. The molecule has 2 aromatic carbocycles. The topological polar surface area (TPSA) is 102 Å². The third-order valence-corrected chi connectivity index (χ3v) is 5.07. The summed E-state index contributed by atoms with van der Waals surface area (Å²) in [4.78, 5) is 32.2. The molecule has 190 valence electrons. The van der Waals surface area contributed by atoms with Crippen molar-refractivity contribution in [2.75, 3.05) is 26.1 Å². The number of rotatable bonds is 8. The highest BCUT2D eigenvalue weighted by Gasteiger charge is 2.29. The number of halogens is 5. The minimum atomic E-state index is -4.64. The summed E-state index contributed by atoms with van der Waals surface area (Å²) in [5.74, 6) is -2.20. The number of ether oxygens (including phenoxy) is 2. The Labute approximate surface area is 207 Å². The quantitative estimate of drug-likeness (QED) is 0.324. The van der Waals surface area contributed by atoms with Crippen LogP contribution in [0.25, 0.3) is 11.4 Å². The fourth-order valence-electron chi connectivity index (χ4n) is 3.00. The van der Waals surface area contributed by atoms with Crippen LogP contribution < -0.4 is 15.4 Å². The first kappa shape index (κ1) is 26.7. The molecule has 0 atom stereocenters. The van der Waals surface area contributed by atoms with Gasteiger partial charge >= 0.3 is 12.1 Å². The number of carbonyl (C=O) groups is 2. The number of amides is 1. The normalized spacial score (nSPS) is 11.1. The van der Waals surface area contributed by atoms with Crippen LogP contribution in [0.1, 0.15) is 15.9 Å². The van der Waals surface area contributed by atoms with Crippen molar-refractivity contribution in [3.63, 3.8) is 0 Å². The van der Waals surface area contributed by atoms with Gasteiger partial charge in [0.1, 0.15) is 29.5 Å². The first-order valence-corrected chi connectivity index (χ1v) is 10.6. The molecule has 0 radical (unpaired) electrons. The summed E-state index contributed by atoms with van der Waals surface area (Å²) < 4.78 is 61.9. The molecule has 0 aliphatic heterocycles. The van der Waals surface area contributed by atoms with E-state index in [-0.39, 0.29) is 39.9 Å². The lowest BCUT2D eigenvalue weighted by Gasteiger charge is -2.14. The molecule has 1 heterocycles. The highest BCUT2D eigenvalue weighted by Crippen LogP contribution is 2.30. The standard InChI is InChI=1S/C23H19ClF4N4O4/c1-35-18-6-4-13(7-16(18)24)20-29-10-15(22(34)30-11-23(26,27)28)21(32-20)31-14-5-3-12(17(25)9-14)8-19(33)36-2/h3-7,9-10H,8,11H2,1-2H3,(H,30,34)(H,29,31,32). The number of nitrogens with one attached hydrogen (secondary N) is 2. The minimum Gasteiger partial charge on any atom is -0.495 e. The van der Waals surface area contributed by atoms with Gasteiger partial charge in [0.2, 0.25) is 0 Å². The van der Waals surface area contributed by atoms with Gasteiger partial charge in [0.15, 0.2) is 5.82 Å². The first-order valence-electron chi connectivity index (χ1n) is 10.2. The number of hydrogen-bond acceptors (Lipinski definition) is 7. The van der Waals surface area contributed by atoms with Crippen LogP contribution in [-0.2, 0) is 16.0 Å². The van der Waals surface area contributed by atoms with E-state index in [0.29, 0.717) is 11.3 Å². The second-order valence-corrected chi connectivity index (χ2v) is 7.69. The smallest absolute Gasteiger partial charge is 0.405 e. The van der Waals surface area contributed by atoms with Crippen molar-refractivity contribution >= 4 is 35.0 Å². The van der Waals surface area contributed by atoms with Crippen molar-refractivity contribution in [1.29, 1.82) is 0 Å². The Kier molecular flexibility index (Phi) is 8.30. The van der Waals surface area contributed by atoms with E-state index in [2.05, 4.69) is 20.0 Å². The molecular formula is C23H19ClF4N4O4. The number of hydrogen-bond donors (Lipinski definition) is 2. The summed E-state index contributed by atoms with van der Waals surface area (Å²) in [5, 5.41) is 4.73. The molecule has 36 heavy (non-hydrogen) atoms. The molecule has 3 aromatic rings. The van der Waals surface area contributed by atoms with Gasteiger partial charge in [-0.2, -0.15) is 13.2 Å². The van der Waals surface area contributed by atoms with Crippen LogP contribution in [-0.4, -0.2) is 48.8 Å². The maximum absolute atomic E-state index is 14.5. The Bertz CT molecular complexity index is 1290. The van der Waals surface area contributed by atoms with E-state index in [0.717, 1.165) is 12.3 Å². The predicted octanol–water partition coefficient (Wildman–Crippen LogP) is 4.70. The molecule has 0 unspecified atom stereocenters. The Balaban J connectivity index is 1.98. The van der Waals surface area contributed by atoms with E-state index in [9.17, 15) is 27.2 Å². The highest BCUT2D eigenvalue weighted by atomic mass is 35.5. The van der Waals surface area contributed by atoms with Crippen LogP contribution in [0.15, 0.2) is 42.6 Å². The SMILES string of the molecule is COC(=O)Cc1ccc(Nc2nc(-c3ccc(OC)c(Cl)c3)ncc2C(=O)NCC(F)(F)F)cc1F. The second kappa shape index (κ2) is 11.2. The van der Waals surface area contributed by atoms with Crippen molar-refractivity contribution in [3.05, 3.63) is 64.6 Å². The van der Waals surface area contributed by atoms with Crippen LogP contribution >= 0.6 is 11.6 Å². The molecule has 0 aliphatic rings. The molecule has 1 aromatic heterocycles. The molecular weight excluding hydrogens is 508 g/mol. The molecule has 0 saturated heterocycles. The van der Waals surface area contributed by atoms with Crippen LogP contribution in [0.5, 0.6) is 5.75 Å². The lowest BCUT2D eigenvalue weighted by molar-refractivity contribution is -0.139. The lowest BCUT2D eigenvalue weighted by Crippen LogP contribution is -2.34. The van der Waals surface area contributed by atoms with E-state index in [1.54, 1.807) is 17.4 Å². The number of anilines is 2. The number of esters is 1. The van der Waals surface area contributed by atoms with Crippen LogP contribution in [0.2, 0.25) is 5.02 Å². The van der Waals surface area contributed by atoms with Gasteiger partial charge in [-0.25, -0.2) is 14.4 Å². The number of benzene rings is 2. The molecule has 0 aliphatic carbocycles. The van der Waals surface area contributed by atoms with Crippen molar-refractivity contribution < 1.29 is 36.6 Å². The van der Waals surface area contributed by atoms with Crippen molar-refractivity contribution in [2.24, 2.45) is 0 Å². The second-order valence-electron chi connectivity index (χ2n) is 7.29. The van der Waals surface area contributed by atoms with E-state index < -0.39 is 30.4 Å². The fourth-order valence-corrected chi connectivity index (χ4v) is 3.25. The molecule has 8 nitrogen and oxygen atoms in total. The molecule has 0 bridgehead atoms. The summed E-state index contributed by atoms with van der Waals surface area (Å²) in [6, 6.07) is 8.43. The van der Waals surface area contributed by atoms with Crippen LogP contribution in [0, 0.1) is 5.82 Å². The summed E-state index contributed by atoms with van der Waals surface area (Å²) in [5.41, 5.74) is 0.280. The summed E-state index contributed by atoms with van der Waals surface area (Å²) in [6.07, 6.45) is -3.90. The number of methoxy groups -OCH3 is 2. The highest BCUT2D eigenvalue weighted by molar-refractivity contribution is 6.32. The maximum Gasteiger partial charge on any atom is 0.405 e. The monoisotopic (exact) mass is 526 g/mol. The molecule has 0 saturated carbocycles. The lowest BCUT2D eigenvalue weighted by atomic mass is 10.1. The average Bonchev–Trinajstić information content (AvgIpc) is 2.83. The molecule has 2 N–H and O–H groups in total. The summed E-state index contributed by atoms with van der Waals surface area (Å²) >= 11 is 6.15. The zero-order valence-corrected chi connectivity index (χ0v) is 19.6. The van der Waals surface area contributed by atoms with Gasteiger partial charge in [-0.3, -0.25) is 9.59 Å². The average molecular weight is 527 g/mol. The minimum absolute atomic E-state index is 0.0618. The van der Waals surface area contributed by atoms with E-state index >= 15 is 0 Å². The van der Waals surface area contributed by atoms with Crippen molar-refractivity contribution in [2.45, 2.75) is 12.6 Å². The Morgan fingerprint density at radius 1 is 1.11 bits per heavy atom. The van der Waals surface area contributed by atoms with E-state index in [1.165, 1.54) is 32.4 Å². The molecule has 3 rings (SSSR count). The first-order chi connectivity index (χ1) is 17.0. The molecule has 0 fully saturated rings. The van der Waals surface area contributed by atoms with Gasteiger partial charge in [0.05, 0.1) is 25.7 Å². The Hall–Kier alpha value is -3.93. The summed E-state index contributed by atoms with van der Waals surface area (Å²) in [7, 11) is 2.60. The van der Waals surface area contributed by atoms with Gasteiger partial charge < -0.3 is 20.1 Å². The maximum atomic E-state index is 14.5. The van der Waals surface area contributed by atoms with Gasteiger partial charge in [-0.15, -0.1) is 0 Å². The Morgan fingerprint density at radius 3 is 2.47 bits per heavy atom. The van der Waals surface area contributed by atoms with Crippen molar-refractivity contribution in [1.82, 2.24) is 15.3 Å². The largest absolute Gasteiger partial charge is 0.495 e. The zero-order valence-electron chi connectivity index (χ0n) is 18.9. The van der Waals surface area contributed by atoms with Crippen molar-refractivity contribution in [3.8, 4) is 17.1 Å². The van der Waals surface area contributed by atoms with E-state index in [1.807, 2.05) is 0 Å². The third-order valence-electron chi connectivity index (χ3n) is 4.77. The van der Waals surface area contributed by atoms with E-state index in [4.69, 9.17) is 16.3 Å².